The lowest BCUT2D eigenvalue weighted by atomic mass is 10.1. The summed E-state index contributed by atoms with van der Waals surface area (Å²) in [5.74, 6) is 1.22. The van der Waals surface area contributed by atoms with E-state index >= 15 is 0 Å². The number of halogens is 1. The fraction of sp³-hybridized carbons (Fsp3) is 0.200. The van der Waals surface area contributed by atoms with Crippen molar-refractivity contribution in [3.63, 3.8) is 0 Å². The van der Waals surface area contributed by atoms with E-state index in [4.69, 9.17) is 4.42 Å². The number of oxazole rings is 1. The number of amides is 1. The molecule has 4 nitrogen and oxygen atoms in total. The van der Waals surface area contributed by atoms with Crippen molar-refractivity contribution >= 4 is 27.5 Å². The number of nitrogens with zero attached hydrogens (tertiary/aromatic N) is 1. The van der Waals surface area contributed by atoms with Crippen LogP contribution < -0.4 is 5.32 Å². The Kier molecular flexibility index (Phi) is 5.66. The molecule has 0 atom stereocenters. The topological polar surface area (TPSA) is 55.1 Å². The van der Waals surface area contributed by atoms with Gasteiger partial charge in [-0.1, -0.05) is 47.1 Å². The van der Waals surface area contributed by atoms with E-state index in [2.05, 4.69) is 33.2 Å². The monoisotopic (exact) mass is 398 g/mol. The summed E-state index contributed by atoms with van der Waals surface area (Å²) >= 11 is 3.41. The lowest BCUT2D eigenvalue weighted by Gasteiger charge is -2.05. The summed E-state index contributed by atoms with van der Waals surface area (Å²) in [6.45, 7) is 2.10. The molecule has 0 spiro atoms. The van der Waals surface area contributed by atoms with Gasteiger partial charge in [-0.3, -0.25) is 4.79 Å². The van der Waals surface area contributed by atoms with Gasteiger partial charge in [0.05, 0.1) is 6.20 Å². The minimum Gasteiger partial charge on any atom is -0.441 e. The molecule has 1 amide bonds. The van der Waals surface area contributed by atoms with Crippen LogP contribution in [0.5, 0.6) is 0 Å². The third kappa shape index (κ3) is 4.79. The number of carbonyl (C=O) groups excluding carboxylic acids is 1. The van der Waals surface area contributed by atoms with Crippen LogP contribution in [0.2, 0.25) is 0 Å². The zero-order valence-electron chi connectivity index (χ0n) is 14.0. The Morgan fingerprint density at radius 2 is 1.84 bits per heavy atom. The van der Waals surface area contributed by atoms with Gasteiger partial charge in [0.2, 0.25) is 5.91 Å². The van der Waals surface area contributed by atoms with Crippen molar-refractivity contribution < 1.29 is 9.21 Å². The van der Waals surface area contributed by atoms with Gasteiger partial charge in [0.1, 0.15) is 0 Å². The molecule has 1 N–H and O–H groups in total. The minimum atomic E-state index is -0.0485. The summed E-state index contributed by atoms with van der Waals surface area (Å²) in [4.78, 5) is 16.3. The highest BCUT2D eigenvalue weighted by atomic mass is 79.9. The van der Waals surface area contributed by atoms with Crippen molar-refractivity contribution in [1.29, 1.82) is 0 Å². The zero-order chi connectivity index (χ0) is 17.6. The van der Waals surface area contributed by atoms with Crippen molar-refractivity contribution in [3.8, 4) is 11.3 Å². The van der Waals surface area contributed by atoms with Crippen molar-refractivity contribution in [2.45, 2.75) is 26.2 Å². The molecular formula is C20H19BrN2O2. The largest absolute Gasteiger partial charge is 0.441 e. The van der Waals surface area contributed by atoms with E-state index in [0.717, 1.165) is 22.1 Å². The summed E-state index contributed by atoms with van der Waals surface area (Å²) in [7, 11) is 0. The van der Waals surface area contributed by atoms with Crippen LogP contribution in [0, 0.1) is 0 Å². The molecule has 1 aromatic heterocycles. The SMILES string of the molecule is CCc1ccc(NC(=O)CCc2ncc(-c3ccc(Br)cc3)o2)cc1. The molecule has 1 heterocycles. The van der Waals surface area contributed by atoms with Gasteiger partial charge in [0, 0.05) is 28.6 Å². The van der Waals surface area contributed by atoms with E-state index in [9.17, 15) is 4.79 Å². The fourth-order valence-corrected chi connectivity index (χ4v) is 2.71. The Labute approximate surface area is 155 Å². The molecule has 0 saturated heterocycles. The normalized spacial score (nSPS) is 10.6. The maximum Gasteiger partial charge on any atom is 0.224 e. The van der Waals surface area contributed by atoms with Crippen LogP contribution in [0.25, 0.3) is 11.3 Å². The molecule has 0 saturated carbocycles. The number of hydrogen-bond acceptors (Lipinski definition) is 3. The number of aryl methyl sites for hydroxylation is 2. The van der Waals surface area contributed by atoms with Gasteiger partial charge >= 0.3 is 0 Å². The predicted octanol–water partition coefficient (Wildman–Crippen LogP) is 5.24. The van der Waals surface area contributed by atoms with Crippen LogP contribution in [-0.4, -0.2) is 10.9 Å². The number of aromatic nitrogens is 1. The first-order valence-electron chi connectivity index (χ1n) is 8.23. The fourth-order valence-electron chi connectivity index (χ4n) is 2.44. The number of benzene rings is 2. The van der Waals surface area contributed by atoms with Gasteiger partial charge < -0.3 is 9.73 Å². The quantitative estimate of drug-likeness (QED) is 0.617. The third-order valence-corrected chi connectivity index (χ3v) is 4.42. The van der Waals surface area contributed by atoms with Crippen molar-refractivity contribution in [2.75, 3.05) is 5.32 Å². The molecule has 0 radical (unpaired) electrons. The van der Waals surface area contributed by atoms with Crippen LogP contribution in [-0.2, 0) is 17.6 Å². The van der Waals surface area contributed by atoms with E-state index < -0.39 is 0 Å². The minimum absolute atomic E-state index is 0.0485. The van der Waals surface area contributed by atoms with Gasteiger partial charge in [-0.15, -0.1) is 0 Å². The first kappa shape index (κ1) is 17.4. The zero-order valence-corrected chi connectivity index (χ0v) is 15.5. The lowest BCUT2D eigenvalue weighted by molar-refractivity contribution is -0.116. The molecule has 0 aliphatic carbocycles. The molecule has 0 aliphatic rings. The van der Waals surface area contributed by atoms with Crippen molar-refractivity contribution in [3.05, 3.63) is 70.7 Å². The van der Waals surface area contributed by atoms with Crippen molar-refractivity contribution in [2.24, 2.45) is 0 Å². The summed E-state index contributed by atoms with van der Waals surface area (Å²) in [6, 6.07) is 15.7. The standard InChI is InChI=1S/C20H19BrN2O2/c1-2-14-3-9-17(10-4-14)23-19(24)11-12-20-22-13-18(25-20)15-5-7-16(21)8-6-15/h3-10,13H,2,11-12H2,1H3,(H,23,24). The molecule has 2 aromatic carbocycles. The molecular weight excluding hydrogens is 380 g/mol. The summed E-state index contributed by atoms with van der Waals surface area (Å²) < 4.78 is 6.75. The highest BCUT2D eigenvalue weighted by molar-refractivity contribution is 9.10. The average molecular weight is 399 g/mol. The van der Waals surface area contributed by atoms with Gasteiger partial charge in [0.25, 0.3) is 0 Å². The molecule has 3 rings (SSSR count). The Balaban J connectivity index is 1.54. The Morgan fingerprint density at radius 3 is 2.52 bits per heavy atom. The molecule has 3 aromatic rings. The molecule has 0 bridgehead atoms. The second-order valence-electron chi connectivity index (χ2n) is 5.72. The van der Waals surface area contributed by atoms with Gasteiger partial charge in [-0.25, -0.2) is 4.98 Å². The number of hydrogen-bond donors (Lipinski definition) is 1. The molecule has 0 fully saturated rings. The summed E-state index contributed by atoms with van der Waals surface area (Å²) in [6.07, 6.45) is 3.48. The van der Waals surface area contributed by atoms with Crippen LogP contribution in [0.4, 0.5) is 5.69 Å². The number of nitrogens with one attached hydrogen (secondary N) is 1. The number of rotatable bonds is 6. The molecule has 5 heteroatoms. The van der Waals surface area contributed by atoms with E-state index in [1.807, 2.05) is 48.5 Å². The Morgan fingerprint density at radius 1 is 1.12 bits per heavy atom. The second kappa shape index (κ2) is 8.12. The molecule has 25 heavy (non-hydrogen) atoms. The van der Waals surface area contributed by atoms with E-state index in [0.29, 0.717) is 24.5 Å². The van der Waals surface area contributed by atoms with E-state index in [-0.39, 0.29) is 5.91 Å². The van der Waals surface area contributed by atoms with Crippen LogP contribution in [0.1, 0.15) is 24.8 Å². The van der Waals surface area contributed by atoms with E-state index in [1.165, 1.54) is 5.56 Å². The molecule has 128 valence electrons. The predicted molar refractivity (Wildman–Crippen MR) is 102 cm³/mol. The third-order valence-electron chi connectivity index (χ3n) is 3.89. The van der Waals surface area contributed by atoms with E-state index in [1.54, 1.807) is 6.20 Å². The number of anilines is 1. The van der Waals surface area contributed by atoms with Crippen LogP contribution in [0.3, 0.4) is 0 Å². The highest BCUT2D eigenvalue weighted by Crippen LogP contribution is 2.23. The Hall–Kier alpha value is -2.40. The highest BCUT2D eigenvalue weighted by Gasteiger charge is 2.09. The first-order chi connectivity index (χ1) is 12.1. The maximum atomic E-state index is 12.1. The molecule has 0 aliphatic heterocycles. The molecule has 0 unspecified atom stereocenters. The van der Waals surface area contributed by atoms with Crippen molar-refractivity contribution in [1.82, 2.24) is 4.98 Å². The summed E-state index contributed by atoms with van der Waals surface area (Å²) in [5.41, 5.74) is 3.02. The lowest BCUT2D eigenvalue weighted by Crippen LogP contribution is -2.12. The van der Waals surface area contributed by atoms with Gasteiger partial charge in [-0.2, -0.15) is 0 Å². The van der Waals surface area contributed by atoms with Crippen LogP contribution in [0.15, 0.2) is 63.6 Å². The maximum absolute atomic E-state index is 12.1. The Bertz CT molecular complexity index is 839. The van der Waals surface area contributed by atoms with Gasteiger partial charge in [0.15, 0.2) is 11.7 Å². The number of carbonyl (C=O) groups is 1. The van der Waals surface area contributed by atoms with Gasteiger partial charge in [-0.05, 0) is 36.2 Å². The van der Waals surface area contributed by atoms with Crippen LogP contribution >= 0.6 is 15.9 Å². The average Bonchev–Trinajstić information content (AvgIpc) is 3.10. The first-order valence-corrected chi connectivity index (χ1v) is 9.03. The second-order valence-corrected chi connectivity index (χ2v) is 6.64. The smallest absolute Gasteiger partial charge is 0.224 e. The summed E-state index contributed by atoms with van der Waals surface area (Å²) in [5, 5.41) is 2.89.